The number of aromatic amines is 1. The van der Waals surface area contributed by atoms with Gasteiger partial charge in [0.2, 0.25) is 5.91 Å². The van der Waals surface area contributed by atoms with E-state index in [0.717, 1.165) is 30.8 Å². The van der Waals surface area contributed by atoms with Gasteiger partial charge in [-0.05, 0) is 19.8 Å². The fourth-order valence-corrected chi connectivity index (χ4v) is 2.86. The van der Waals surface area contributed by atoms with Crippen molar-refractivity contribution in [1.82, 2.24) is 20.1 Å². The summed E-state index contributed by atoms with van der Waals surface area (Å²) in [7, 11) is 0. The number of aromatic nitrogens is 3. The lowest BCUT2D eigenvalue weighted by Gasteiger charge is -2.32. The average Bonchev–Trinajstić information content (AvgIpc) is 3.05. The molecule has 6 nitrogen and oxygen atoms in total. The van der Waals surface area contributed by atoms with Crippen molar-refractivity contribution in [3.8, 4) is 11.4 Å². The molecule has 1 aromatic carbocycles. The molecule has 3 rings (SSSR count). The van der Waals surface area contributed by atoms with Gasteiger partial charge in [0.05, 0.1) is 6.04 Å². The summed E-state index contributed by atoms with van der Waals surface area (Å²) in [6.45, 7) is 3.16. The Hall–Kier alpha value is -2.21. The summed E-state index contributed by atoms with van der Waals surface area (Å²) >= 11 is 0. The number of hydrogen-bond donors (Lipinski definition) is 2. The van der Waals surface area contributed by atoms with Crippen LogP contribution in [0.2, 0.25) is 0 Å². The zero-order valence-electron chi connectivity index (χ0n) is 12.7. The summed E-state index contributed by atoms with van der Waals surface area (Å²) < 4.78 is 0. The first kappa shape index (κ1) is 14.7. The first-order valence-corrected chi connectivity index (χ1v) is 7.67. The summed E-state index contributed by atoms with van der Waals surface area (Å²) in [6, 6.07) is 9.42. The molecule has 0 radical (unpaired) electrons. The molecule has 1 aliphatic heterocycles. The third kappa shape index (κ3) is 3.01. The number of benzene rings is 1. The van der Waals surface area contributed by atoms with Crippen LogP contribution in [0.5, 0.6) is 0 Å². The van der Waals surface area contributed by atoms with Gasteiger partial charge in [0.15, 0.2) is 5.82 Å². The normalized spacial score (nSPS) is 19.9. The van der Waals surface area contributed by atoms with Gasteiger partial charge in [-0.3, -0.25) is 9.89 Å². The zero-order chi connectivity index (χ0) is 15.5. The SMILES string of the molecule is CC(N)C(=O)N1CCCC(c2nc(-c3ccccc3)n[nH]2)C1. The van der Waals surface area contributed by atoms with E-state index in [1.54, 1.807) is 6.92 Å². The summed E-state index contributed by atoms with van der Waals surface area (Å²) in [5.41, 5.74) is 6.69. The van der Waals surface area contributed by atoms with Gasteiger partial charge in [-0.2, -0.15) is 5.10 Å². The highest BCUT2D eigenvalue weighted by Gasteiger charge is 2.28. The van der Waals surface area contributed by atoms with Crippen LogP contribution in [0.25, 0.3) is 11.4 Å². The van der Waals surface area contributed by atoms with E-state index in [4.69, 9.17) is 5.73 Å². The smallest absolute Gasteiger partial charge is 0.239 e. The highest BCUT2D eigenvalue weighted by molar-refractivity contribution is 5.81. The van der Waals surface area contributed by atoms with E-state index < -0.39 is 6.04 Å². The topological polar surface area (TPSA) is 87.9 Å². The fourth-order valence-electron chi connectivity index (χ4n) is 2.86. The van der Waals surface area contributed by atoms with Crippen LogP contribution in [-0.4, -0.2) is 45.1 Å². The average molecular weight is 299 g/mol. The molecule has 2 atom stereocenters. The van der Waals surface area contributed by atoms with Gasteiger partial charge in [-0.15, -0.1) is 0 Å². The number of H-pyrrole nitrogens is 1. The molecule has 22 heavy (non-hydrogen) atoms. The van der Waals surface area contributed by atoms with Gasteiger partial charge >= 0.3 is 0 Å². The van der Waals surface area contributed by atoms with Crippen LogP contribution in [0.3, 0.4) is 0 Å². The van der Waals surface area contributed by atoms with Crippen LogP contribution in [0.4, 0.5) is 0 Å². The Labute approximate surface area is 129 Å². The number of carbonyl (C=O) groups excluding carboxylic acids is 1. The van der Waals surface area contributed by atoms with E-state index >= 15 is 0 Å². The highest BCUT2D eigenvalue weighted by Crippen LogP contribution is 2.26. The Morgan fingerprint density at radius 1 is 1.41 bits per heavy atom. The molecule has 0 saturated carbocycles. The van der Waals surface area contributed by atoms with Gasteiger partial charge in [0.1, 0.15) is 5.82 Å². The molecule has 2 aromatic rings. The maximum absolute atomic E-state index is 12.1. The molecule has 1 aliphatic rings. The Kier molecular flexibility index (Phi) is 4.20. The Balaban J connectivity index is 1.74. The lowest BCUT2D eigenvalue weighted by molar-refractivity contribution is -0.133. The molecule has 1 saturated heterocycles. The van der Waals surface area contributed by atoms with Crippen molar-refractivity contribution in [2.75, 3.05) is 13.1 Å². The Morgan fingerprint density at radius 3 is 2.91 bits per heavy atom. The maximum Gasteiger partial charge on any atom is 0.239 e. The zero-order valence-corrected chi connectivity index (χ0v) is 12.7. The minimum absolute atomic E-state index is 0.00694. The van der Waals surface area contributed by atoms with E-state index in [2.05, 4.69) is 15.2 Å². The number of amides is 1. The number of nitrogens with one attached hydrogen (secondary N) is 1. The molecule has 3 N–H and O–H groups in total. The van der Waals surface area contributed by atoms with Crippen LogP contribution in [0.1, 0.15) is 31.5 Å². The van der Waals surface area contributed by atoms with Crippen molar-refractivity contribution >= 4 is 5.91 Å². The van der Waals surface area contributed by atoms with Gasteiger partial charge in [-0.1, -0.05) is 30.3 Å². The van der Waals surface area contributed by atoms with Crippen molar-refractivity contribution in [1.29, 1.82) is 0 Å². The molecule has 2 unspecified atom stereocenters. The molecule has 116 valence electrons. The molecular weight excluding hydrogens is 278 g/mol. The molecule has 1 amide bonds. The molecular formula is C16H21N5O. The molecule has 6 heteroatoms. The van der Waals surface area contributed by atoms with E-state index in [1.807, 2.05) is 35.2 Å². The van der Waals surface area contributed by atoms with Crippen molar-refractivity contribution in [2.24, 2.45) is 5.73 Å². The third-order valence-electron chi connectivity index (χ3n) is 4.04. The number of hydrogen-bond acceptors (Lipinski definition) is 4. The second-order valence-corrected chi connectivity index (χ2v) is 5.82. The molecule has 1 aromatic heterocycles. The lowest BCUT2D eigenvalue weighted by atomic mass is 9.97. The number of nitrogens with two attached hydrogens (primary N) is 1. The summed E-state index contributed by atoms with van der Waals surface area (Å²) in [6.07, 6.45) is 1.97. The van der Waals surface area contributed by atoms with Crippen LogP contribution < -0.4 is 5.73 Å². The Bertz CT molecular complexity index is 637. The largest absolute Gasteiger partial charge is 0.341 e. The predicted molar refractivity (Wildman–Crippen MR) is 84.0 cm³/mol. The first-order valence-electron chi connectivity index (χ1n) is 7.67. The summed E-state index contributed by atoms with van der Waals surface area (Å²) in [4.78, 5) is 18.5. The van der Waals surface area contributed by atoms with Gasteiger partial charge in [-0.25, -0.2) is 4.98 Å². The van der Waals surface area contributed by atoms with Crippen molar-refractivity contribution < 1.29 is 4.79 Å². The van der Waals surface area contributed by atoms with Crippen LogP contribution in [0.15, 0.2) is 30.3 Å². The maximum atomic E-state index is 12.1. The monoisotopic (exact) mass is 299 g/mol. The van der Waals surface area contributed by atoms with Gasteiger partial charge in [0, 0.05) is 24.6 Å². The predicted octanol–water partition coefficient (Wildman–Crippen LogP) is 1.52. The summed E-state index contributed by atoms with van der Waals surface area (Å²) in [5, 5.41) is 7.33. The molecule has 0 aliphatic carbocycles. The Morgan fingerprint density at radius 2 is 2.18 bits per heavy atom. The van der Waals surface area contributed by atoms with E-state index in [9.17, 15) is 4.79 Å². The van der Waals surface area contributed by atoms with Crippen molar-refractivity contribution in [3.63, 3.8) is 0 Å². The van der Waals surface area contributed by atoms with E-state index in [-0.39, 0.29) is 11.8 Å². The van der Waals surface area contributed by atoms with E-state index in [0.29, 0.717) is 12.4 Å². The van der Waals surface area contributed by atoms with Gasteiger partial charge < -0.3 is 10.6 Å². The number of piperidine rings is 1. The van der Waals surface area contributed by atoms with Crippen LogP contribution in [0, 0.1) is 0 Å². The summed E-state index contributed by atoms with van der Waals surface area (Å²) in [5.74, 6) is 1.75. The number of nitrogens with zero attached hydrogens (tertiary/aromatic N) is 3. The second-order valence-electron chi connectivity index (χ2n) is 5.82. The third-order valence-corrected chi connectivity index (χ3v) is 4.04. The quantitative estimate of drug-likeness (QED) is 0.899. The van der Waals surface area contributed by atoms with Crippen LogP contribution >= 0.6 is 0 Å². The lowest BCUT2D eigenvalue weighted by Crippen LogP contribution is -2.46. The van der Waals surface area contributed by atoms with Crippen LogP contribution in [-0.2, 0) is 4.79 Å². The number of carbonyl (C=O) groups is 1. The minimum atomic E-state index is -0.451. The fraction of sp³-hybridized carbons (Fsp3) is 0.438. The molecule has 2 heterocycles. The highest BCUT2D eigenvalue weighted by atomic mass is 16.2. The van der Waals surface area contributed by atoms with Crippen molar-refractivity contribution in [2.45, 2.75) is 31.7 Å². The number of rotatable bonds is 3. The van der Waals surface area contributed by atoms with Gasteiger partial charge in [0.25, 0.3) is 0 Å². The second kappa shape index (κ2) is 6.27. The molecule has 0 spiro atoms. The molecule has 1 fully saturated rings. The first-order chi connectivity index (χ1) is 10.6. The number of likely N-dealkylation sites (tertiary alicyclic amines) is 1. The van der Waals surface area contributed by atoms with E-state index in [1.165, 1.54) is 0 Å². The van der Waals surface area contributed by atoms with Crippen molar-refractivity contribution in [3.05, 3.63) is 36.2 Å². The minimum Gasteiger partial charge on any atom is -0.341 e. The standard InChI is InChI=1S/C16H21N5O/c1-11(17)16(22)21-9-5-8-13(10-21)15-18-14(19-20-15)12-6-3-2-4-7-12/h2-4,6-7,11,13H,5,8-10,17H2,1H3,(H,18,19,20). The molecule has 0 bridgehead atoms.